The van der Waals surface area contributed by atoms with Gasteiger partial charge in [-0.15, -0.1) is 11.3 Å². The summed E-state index contributed by atoms with van der Waals surface area (Å²) in [6.45, 7) is 6.14. The van der Waals surface area contributed by atoms with Crippen LogP contribution < -0.4 is 5.32 Å². The van der Waals surface area contributed by atoms with Crippen molar-refractivity contribution in [3.05, 3.63) is 35.6 Å². The molecule has 4 rings (SSSR count). The van der Waals surface area contributed by atoms with E-state index >= 15 is 0 Å². The molecule has 10 heteroatoms. The molecule has 8 nitrogen and oxygen atoms in total. The van der Waals surface area contributed by atoms with Gasteiger partial charge in [0.1, 0.15) is 4.90 Å². The number of hydrogen-bond donors (Lipinski definition) is 1. The smallest absolute Gasteiger partial charge is 0.246 e. The zero-order chi connectivity index (χ0) is 21.7. The van der Waals surface area contributed by atoms with E-state index < -0.39 is 15.4 Å². The predicted octanol–water partition coefficient (Wildman–Crippen LogP) is 3.01. The van der Waals surface area contributed by atoms with Crippen LogP contribution in [0.5, 0.6) is 0 Å². The van der Waals surface area contributed by atoms with Crippen molar-refractivity contribution < 1.29 is 13.2 Å². The van der Waals surface area contributed by atoms with Crippen molar-refractivity contribution in [2.24, 2.45) is 18.4 Å². The minimum absolute atomic E-state index is 0.0933. The topological polar surface area (TPSA) is 97.2 Å². The Morgan fingerprint density at radius 2 is 2.10 bits per heavy atom. The van der Waals surface area contributed by atoms with Crippen molar-refractivity contribution in [2.45, 2.75) is 32.1 Å². The highest BCUT2D eigenvalue weighted by Crippen LogP contribution is 2.38. The molecule has 3 aromatic rings. The van der Waals surface area contributed by atoms with Crippen molar-refractivity contribution in [3.63, 3.8) is 0 Å². The number of nitrogens with zero attached hydrogens (tertiary/aromatic N) is 4. The quantitative estimate of drug-likeness (QED) is 0.663. The first kappa shape index (κ1) is 21.0. The molecule has 1 fully saturated rings. The first-order valence-corrected chi connectivity index (χ1v) is 12.0. The van der Waals surface area contributed by atoms with Crippen LogP contribution in [-0.4, -0.2) is 46.5 Å². The van der Waals surface area contributed by atoms with Crippen LogP contribution in [0.25, 0.3) is 10.2 Å². The van der Waals surface area contributed by atoms with Gasteiger partial charge in [0.25, 0.3) is 0 Å². The number of aryl methyl sites for hydroxylation is 2. The lowest BCUT2D eigenvalue weighted by Crippen LogP contribution is -2.51. The molecule has 1 N–H and O–H groups in total. The largest absolute Gasteiger partial charge is 0.326 e. The number of anilines is 1. The molecule has 0 bridgehead atoms. The van der Waals surface area contributed by atoms with E-state index in [1.54, 1.807) is 30.8 Å². The Balaban J connectivity index is 1.51. The fourth-order valence-electron chi connectivity index (χ4n) is 4.13. The van der Waals surface area contributed by atoms with Crippen LogP contribution in [0.4, 0.5) is 5.69 Å². The minimum Gasteiger partial charge on any atom is -0.326 e. The third kappa shape index (κ3) is 3.75. The maximum absolute atomic E-state index is 13.1. The van der Waals surface area contributed by atoms with Crippen molar-refractivity contribution in [3.8, 4) is 0 Å². The third-order valence-electron chi connectivity index (χ3n) is 5.70. The predicted molar refractivity (Wildman–Crippen MR) is 117 cm³/mol. The zero-order valence-electron chi connectivity index (χ0n) is 17.4. The molecular weight excluding hydrogens is 422 g/mol. The van der Waals surface area contributed by atoms with Gasteiger partial charge >= 0.3 is 0 Å². The molecule has 0 spiro atoms. The summed E-state index contributed by atoms with van der Waals surface area (Å²) in [6.07, 6.45) is 1.99. The molecule has 2 aromatic heterocycles. The second-order valence-corrected chi connectivity index (χ2v) is 11.2. The Hall–Kier alpha value is -2.30. The van der Waals surface area contributed by atoms with Gasteiger partial charge in [0, 0.05) is 37.9 Å². The van der Waals surface area contributed by atoms with Crippen LogP contribution in [0, 0.1) is 18.3 Å². The number of sulfonamides is 1. The highest BCUT2D eigenvalue weighted by molar-refractivity contribution is 7.89. The van der Waals surface area contributed by atoms with E-state index in [4.69, 9.17) is 0 Å². The van der Waals surface area contributed by atoms with Gasteiger partial charge in [-0.3, -0.25) is 9.48 Å². The van der Waals surface area contributed by atoms with Crippen LogP contribution in [-0.2, 0) is 21.9 Å². The van der Waals surface area contributed by atoms with E-state index in [-0.39, 0.29) is 23.3 Å². The van der Waals surface area contributed by atoms with Crippen molar-refractivity contribution in [2.75, 3.05) is 18.4 Å². The number of fused-ring (bicyclic) bond motifs is 1. The molecular formula is C20H25N5O3S2. The molecule has 0 aliphatic carbocycles. The monoisotopic (exact) mass is 447 g/mol. The van der Waals surface area contributed by atoms with Crippen LogP contribution in [0.3, 0.4) is 0 Å². The zero-order valence-corrected chi connectivity index (χ0v) is 19.0. The van der Waals surface area contributed by atoms with E-state index in [2.05, 4.69) is 15.4 Å². The third-order valence-corrected chi connectivity index (χ3v) is 8.45. The minimum atomic E-state index is -3.66. The standard InChI is InChI=1S/C20H25N5O3S2/c1-13-18(10-24(4)23-13)30(27,28)25-8-7-15(20(2,3)11-25)19(26)22-14-5-6-17-16(9-14)21-12-29-17/h5-6,9-10,12,15H,7-8,11H2,1-4H3,(H,22,26). The van der Waals surface area contributed by atoms with Gasteiger partial charge in [-0.05, 0) is 37.0 Å². The molecule has 3 heterocycles. The van der Waals surface area contributed by atoms with Crippen LogP contribution in [0.15, 0.2) is 34.8 Å². The first-order valence-electron chi connectivity index (χ1n) is 9.72. The van der Waals surface area contributed by atoms with Gasteiger partial charge in [-0.1, -0.05) is 13.8 Å². The van der Waals surface area contributed by atoms with Gasteiger partial charge in [0.05, 0.1) is 21.4 Å². The van der Waals surface area contributed by atoms with E-state index in [0.717, 1.165) is 10.2 Å². The van der Waals surface area contributed by atoms with Crippen molar-refractivity contribution >= 4 is 43.2 Å². The van der Waals surface area contributed by atoms with E-state index in [1.807, 2.05) is 32.0 Å². The Morgan fingerprint density at radius 1 is 1.33 bits per heavy atom. The summed E-state index contributed by atoms with van der Waals surface area (Å²) in [5.74, 6) is -0.394. The van der Waals surface area contributed by atoms with E-state index in [0.29, 0.717) is 24.3 Å². The number of nitrogens with one attached hydrogen (secondary N) is 1. The number of amides is 1. The number of hydrogen-bond acceptors (Lipinski definition) is 6. The average Bonchev–Trinajstić information content (AvgIpc) is 3.26. The highest BCUT2D eigenvalue weighted by atomic mass is 32.2. The molecule has 1 aromatic carbocycles. The summed E-state index contributed by atoms with van der Waals surface area (Å²) in [5, 5.41) is 7.15. The Morgan fingerprint density at radius 3 is 2.77 bits per heavy atom. The first-order chi connectivity index (χ1) is 14.1. The molecule has 160 valence electrons. The average molecular weight is 448 g/mol. The summed E-state index contributed by atoms with van der Waals surface area (Å²) in [5.41, 5.74) is 3.29. The van der Waals surface area contributed by atoms with Crippen molar-refractivity contribution in [1.29, 1.82) is 0 Å². The molecule has 1 saturated heterocycles. The number of thiazole rings is 1. The fourth-order valence-corrected chi connectivity index (χ4v) is 6.62. The van der Waals surface area contributed by atoms with E-state index in [1.165, 1.54) is 15.2 Å². The van der Waals surface area contributed by atoms with Gasteiger partial charge in [0.15, 0.2) is 0 Å². The number of aromatic nitrogens is 3. The highest BCUT2D eigenvalue weighted by Gasteiger charge is 2.44. The lowest BCUT2D eigenvalue weighted by Gasteiger charge is -2.42. The van der Waals surface area contributed by atoms with Gasteiger partial charge < -0.3 is 5.32 Å². The van der Waals surface area contributed by atoms with E-state index in [9.17, 15) is 13.2 Å². The summed E-state index contributed by atoms with van der Waals surface area (Å²) in [7, 11) is -1.95. The fraction of sp³-hybridized carbons (Fsp3) is 0.450. The lowest BCUT2D eigenvalue weighted by atomic mass is 9.74. The number of rotatable bonds is 4. The summed E-state index contributed by atoms with van der Waals surface area (Å²) in [4.78, 5) is 17.5. The maximum Gasteiger partial charge on any atom is 0.246 e. The number of benzene rings is 1. The Bertz CT molecular complexity index is 1210. The molecule has 0 saturated carbocycles. The molecule has 30 heavy (non-hydrogen) atoms. The van der Waals surface area contributed by atoms with Crippen LogP contribution in [0.1, 0.15) is 26.0 Å². The molecule has 1 aliphatic heterocycles. The van der Waals surface area contributed by atoms with Gasteiger partial charge in [0.2, 0.25) is 15.9 Å². The summed E-state index contributed by atoms with van der Waals surface area (Å²) in [6, 6.07) is 5.68. The lowest BCUT2D eigenvalue weighted by molar-refractivity contribution is -0.125. The molecule has 1 aliphatic rings. The second-order valence-electron chi connectivity index (χ2n) is 8.44. The molecule has 1 atom stereocenters. The number of carbonyl (C=O) groups excluding carboxylic acids is 1. The SMILES string of the molecule is Cc1nn(C)cc1S(=O)(=O)N1CCC(C(=O)Nc2ccc3scnc3c2)C(C)(C)C1. The van der Waals surface area contributed by atoms with Crippen molar-refractivity contribution in [1.82, 2.24) is 19.1 Å². The second kappa shape index (κ2) is 7.44. The number of piperidine rings is 1. The Kier molecular flexibility index (Phi) is 5.19. The van der Waals surface area contributed by atoms with Crippen LogP contribution in [0.2, 0.25) is 0 Å². The van der Waals surface area contributed by atoms with Crippen LogP contribution >= 0.6 is 11.3 Å². The number of carbonyl (C=O) groups is 1. The molecule has 0 radical (unpaired) electrons. The Labute approximate surface area is 180 Å². The maximum atomic E-state index is 13.1. The van der Waals surface area contributed by atoms with Gasteiger partial charge in [-0.2, -0.15) is 9.40 Å². The summed E-state index contributed by atoms with van der Waals surface area (Å²) >= 11 is 1.55. The molecule has 1 unspecified atom stereocenters. The molecule has 1 amide bonds. The summed E-state index contributed by atoms with van der Waals surface area (Å²) < 4.78 is 30.3. The normalized spacial score (nSPS) is 19.8. The van der Waals surface area contributed by atoms with Gasteiger partial charge in [-0.25, -0.2) is 13.4 Å².